The zero-order valence-corrected chi connectivity index (χ0v) is 19.8. The number of sulfonamides is 1. The zero-order valence-electron chi connectivity index (χ0n) is 16.7. The van der Waals surface area contributed by atoms with Gasteiger partial charge in [-0.2, -0.15) is 0 Å². The lowest BCUT2D eigenvalue weighted by molar-refractivity contribution is 0.254. The molecular weight excluding hydrogens is 463 g/mol. The first kappa shape index (κ1) is 23.9. The van der Waals surface area contributed by atoms with Gasteiger partial charge >= 0.3 is 0 Å². The van der Waals surface area contributed by atoms with E-state index in [1.54, 1.807) is 4.31 Å². The lowest BCUT2D eigenvalue weighted by atomic mass is 9.80. The maximum atomic E-state index is 11.6. The Morgan fingerprint density at radius 1 is 1.12 bits per heavy atom. The van der Waals surface area contributed by atoms with E-state index in [4.69, 9.17) is 4.99 Å². The minimum absolute atomic E-state index is 0. The van der Waals surface area contributed by atoms with Crippen molar-refractivity contribution in [1.82, 2.24) is 14.9 Å². The van der Waals surface area contributed by atoms with Crippen LogP contribution in [0.1, 0.15) is 52.9 Å². The molecule has 0 amide bonds. The molecule has 26 heavy (non-hydrogen) atoms. The van der Waals surface area contributed by atoms with Crippen LogP contribution in [0.2, 0.25) is 0 Å². The summed E-state index contributed by atoms with van der Waals surface area (Å²) < 4.78 is 24.8. The monoisotopic (exact) mass is 500 g/mol. The van der Waals surface area contributed by atoms with Crippen LogP contribution < -0.4 is 10.6 Å². The van der Waals surface area contributed by atoms with Crippen LogP contribution in [0.25, 0.3) is 0 Å². The normalized spacial score (nSPS) is 29.1. The van der Waals surface area contributed by atoms with Gasteiger partial charge in [0.25, 0.3) is 0 Å². The second kappa shape index (κ2) is 11.0. The van der Waals surface area contributed by atoms with Gasteiger partial charge in [-0.15, -0.1) is 24.0 Å². The van der Waals surface area contributed by atoms with E-state index in [1.165, 1.54) is 25.5 Å². The van der Waals surface area contributed by atoms with E-state index in [0.29, 0.717) is 25.0 Å². The fourth-order valence-corrected chi connectivity index (χ4v) is 5.10. The Bertz CT molecular complexity index is 537. The zero-order chi connectivity index (χ0) is 18.4. The maximum absolute atomic E-state index is 11.6. The topological polar surface area (TPSA) is 73.8 Å². The SMILES string of the molecule is CCNC(=NCC1CCN(S(C)(=O)=O)CC1)NC1CC(C)CC(C)C1.I. The highest BCUT2D eigenvalue weighted by Gasteiger charge is 2.26. The van der Waals surface area contributed by atoms with E-state index in [-0.39, 0.29) is 24.0 Å². The van der Waals surface area contributed by atoms with Crippen LogP contribution in [0.5, 0.6) is 0 Å². The summed E-state index contributed by atoms with van der Waals surface area (Å²) in [5.74, 6) is 2.92. The van der Waals surface area contributed by atoms with Crippen LogP contribution in [0.3, 0.4) is 0 Å². The van der Waals surface area contributed by atoms with E-state index >= 15 is 0 Å². The second-order valence-corrected chi connectivity index (χ2v) is 10.1. The molecule has 2 aliphatic rings. The molecule has 0 bridgehead atoms. The lowest BCUT2D eigenvalue weighted by Gasteiger charge is -2.33. The number of nitrogens with one attached hydrogen (secondary N) is 2. The summed E-state index contributed by atoms with van der Waals surface area (Å²) in [5.41, 5.74) is 0. The predicted octanol–water partition coefficient (Wildman–Crippen LogP) is 2.66. The van der Waals surface area contributed by atoms with E-state index in [9.17, 15) is 8.42 Å². The van der Waals surface area contributed by atoms with Crippen LogP contribution in [0.15, 0.2) is 4.99 Å². The molecule has 1 aliphatic carbocycles. The number of nitrogens with zero attached hydrogens (tertiary/aromatic N) is 2. The molecule has 8 heteroatoms. The summed E-state index contributed by atoms with van der Waals surface area (Å²) in [6.07, 6.45) is 6.83. The van der Waals surface area contributed by atoms with Crippen LogP contribution >= 0.6 is 24.0 Å². The van der Waals surface area contributed by atoms with Crippen molar-refractivity contribution >= 4 is 40.0 Å². The van der Waals surface area contributed by atoms with E-state index in [0.717, 1.165) is 43.7 Å². The van der Waals surface area contributed by atoms with Gasteiger partial charge in [-0.05, 0) is 56.8 Å². The lowest BCUT2D eigenvalue weighted by Crippen LogP contribution is -2.46. The van der Waals surface area contributed by atoms with Crippen molar-refractivity contribution in [1.29, 1.82) is 0 Å². The summed E-state index contributed by atoms with van der Waals surface area (Å²) in [6, 6.07) is 0.503. The Labute approximate surface area is 177 Å². The smallest absolute Gasteiger partial charge is 0.211 e. The largest absolute Gasteiger partial charge is 0.357 e. The Balaban J connectivity index is 0.00000338. The van der Waals surface area contributed by atoms with Crippen LogP contribution in [0, 0.1) is 17.8 Å². The number of halogens is 1. The minimum Gasteiger partial charge on any atom is -0.357 e. The Morgan fingerprint density at radius 3 is 2.19 bits per heavy atom. The van der Waals surface area contributed by atoms with Gasteiger partial charge in [0, 0.05) is 32.2 Å². The van der Waals surface area contributed by atoms with Crippen LogP contribution in [-0.4, -0.2) is 57.2 Å². The summed E-state index contributed by atoms with van der Waals surface area (Å²) in [4.78, 5) is 4.79. The number of hydrogen-bond donors (Lipinski definition) is 2. The minimum atomic E-state index is -3.05. The number of rotatable bonds is 5. The molecule has 0 aromatic carbocycles. The van der Waals surface area contributed by atoms with Gasteiger partial charge in [0.2, 0.25) is 10.0 Å². The molecule has 2 N–H and O–H groups in total. The van der Waals surface area contributed by atoms with Gasteiger partial charge in [-0.1, -0.05) is 13.8 Å². The fourth-order valence-electron chi connectivity index (χ4n) is 4.22. The quantitative estimate of drug-likeness (QED) is 0.346. The highest BCUT2D eigenvalue weighted by atomic mass is 127. The molecule has 154 valence electrons. The van der Waals surface area contributed by atoms with Gasteiger partial charge in [-0.3, -0.25) is 4.99 Å². The van der Waals surface area contributed by atoms with Gasteiger partial charge in [0.1, 0.15) is 0 Å². The first-order chi connectivity index (χ1) is 11.8. The van der Waals surface area contributed by atoms with Gasteiger partial charge in [0.15, 0.2) is 5.96 Å². The molecular formula is C18H37IN4O2S. The Kier molecular flexibility index (Phi) is 10.2. The molecule has 1 saturated carbocycles. The van der Waals surface area contributed by atoms with E-state index in [2.05, 4.69) is 31.4 Å². The van der Waals surface area contributed by atoms with Gasteiger partial charge < -0.3 is 10.6 Å². The molecule has 2 unspecified atom stereocenters. The standard InChI is InChI=1S/C18H36N4O2S.HI/c1-5-19-18(21-17-11-14(2)10-15(3)12-17)20-13-16-6-8-22(9-7-16)25(4,23)24;/h14-17H,5-13H2,1-4H3,(H2,19,20,21);1H. The van der Waals surface area contributed by atoms with Crippen molar-refractivity contribution in [2.75, 3.05) is 32.4 Å². The highest BCUT2D eigenvalue weighted by molar-refractivity contribution is 14.0. The Morgan fingerprint density at radius 2 is 1.69 bits per heavy atom. The van der Waals surface area contributed by atoms with Crippen molar-refractivity contribution in [2.45, 2.75) is 58.9 Å². The maximum Gasteiger partial charge on any atom is 0.211 e. The molecule has 2 rings (SSSR count). The second-order valence-electron chi connectivity index (χ2n) is 8.08. The molecule has 0 aromatic heterocycles. The molecule has 1 heterocycles. The van der Waals surface area contributed by atoms with Crippen LogP contribution in [0.4, 0.5) is 0 Å². The van der Waals surface area contributed by atoms with Crippen molar-refractivity contribution in [3.05, 3.63) is 0 Å². The third kappa shape index (κ3) is 7.88. The molecule has 0 radical (unpaired) electrons. The van der Waals surface area contributed by atoms with Gasteiger partial charge in [0.05, 0.1) is 6.26 Å². The molecule has 0 aromatic rings. The molecule has 1 saturated heterocycles. The van der Waals surface area contributed by atoms with Gasteiger partial charge in [-0.25, -0.2) is 12.7 Å². The third-order valence-corrected chi connectivity index (χ3v) is 6.72. The molecule has 2 atom stereocenters. The first-order valence-corrected chi connectivity index (χ1v) is 11.6. The van der Waals surface area contributed by atoms with Crippen molar-refractivity contribution in [3.63, 3.8) is 0 Å². The number of aliphatic imine (C=N–C) groups is 1. The third-order valence-electron chi connectivity index (χ3n) is 5.41. The van der Waals surface area contributed by atoms with Crippen molar-refractivity contribution in [2.24, 2.45) is 22.7 Å². The summed E-state index contributed by atoms with van der Waals surface area (Å²) >= 11 is 0. The summed E-state index contributed by atoms with van der Waals surface area (Å²) in [6.45, 7) is 9.64. The highest BCUT2D eigenvalue weighted by Crippen LogP contribution is 2.28. The number of guanidine groups is 1. The molecule has 6 nitrogen and oxygen atoms in total. The van der Waals surface area contributed by atoms with Crippen LogP contribution in [-0.2, 0) is 10.0 Å². The van der Waals surface area contributed by atoms with Crippen molar-refractivity contribution in [3.8, 4) is 0 Å². The number of hydrogen-bond acceptors (Lipinski definition) is 3. The Hall–Kier alpha value is -0.0900. The summed E-state index contributed by atoms with van der Waals surface area (Å²) in [5, 5.41) is 6.99. The predicted molar refractivity (Wildman–Crippen MR) is 120 cm³/mol. The summed E-state index contributed by atoms with van der Waals surface area (Å²) in [7, 11) is -3.05. The first-order valence-electron chi connectivity index (χ1n) is 9.77. The molecule has 1 aliphatic heterocycles. The molecule has 2 fully saturated rings. The number of piperidine rings is 1. The average molecular weight is 500 g/mol. The fraction of sp³-hybridized carbons (Fsp3) is 0.944. The van der Waals surface area contributed by atoms with E-state index in [1.807, 2.05) is 0 Å². The molecule has 0 spiro atoms. The van der Waals surface area contributed by atoms with E-state index < -0.39 is 10.0 Å². The average Bonchev–Trinajstić information content (AvgIpc) is 2.51. The van der Waals surface area contributed by atoms with Crippen molar-refractivity contribution < 1.29 is 8.42 Å².